The van der Waals surface area contributed by atoms with Crippen molar-refractivity contribution in [1.29, 1.82) is 0 Å². The van der Waals surface area contributed by atoms with Gasteiger partial charge in [0.05, 0.1) is 6.20 Å². The smallest absolute Gasteiger partial charge is 0.124 e. The van der Waals surface area contributed by atoms with Crippen molar-refractivity contribution in [3.05, 3.63) is 12.3 Å². The van der Waals surface area contributed by atoms with E-state index in [0.29, 0.717) is 6.04 Å². The zero-order valence-electron chi connectivity index (χ0n) is 8.57. The van der Waals surface area contributed by atoms with E-state index < -0.39 is 0 Å². The number of thioether (sulfide) groups is 1. The fourth-order valence-corrected chi connectivity index (χ4v) is 2.86. The number of rotatable bonds is 3. The first kappa shape index (κ1) is 9.90. The Morgan fingerprint density at radius 3 is 3.07 bits per heavy atom. The van der Waals surface area contributed by atoms with Crippen LogP contribution in [0.4, 0.5) is 5.82 Å². The third kappa shape index (κ3) is 2.23. The van der Waals surface area contributed by atoms with Crippen molar-refractivity contribution in [2.75, 3.05) is 16.8 Å². The summed E-state index contributed by atoms with van der Waals surface area (Å²) in [4.78, 5) is 0. The number of aryl methyl sites for hydroxylation is 1. The Bertz CT molecular complexity index is 279. The van der Waals surface area contributed by atoms with E-state index in [1.807, 2.05) is 10.9 Å². The Morgan fingerprint density at radius 1 is 1.57 bits per heavy atom. The van der Waals surface area contributed by atoms with Crippen LogP contribution in [0, 0.1) is 0 Å². The molecule has 0 bridgehead atoms. The second kappa shape index (κ2) is 4.73. The molecule has 3 nitrogen and oxygen atoms in total. The Balaban J connectivity index is 1.95. The number of aromatic nitrogens is 2. The lowest BCUT2D eigenvalue weighted by atomic mass is 10.1. The lowest BCUT2D eigenvalue weighted by Gasteiger charge is -2.23. The molecule has 1 fully saturated rings. The van der Waals surface area contributed by atoms with Crippen LogP contribution in [-0.4, -0.2) is 27.3 Å². The average Bonchev–Trinajstić information content (AvgIpc) is 2.67. The lowest BCUT2D eigenvalue weighted by molar-refractivity contribution is 0.624. The number of hydrogen-bond acceptors (Lipinski definition) is 3. The number of nitrogens with one attached hydrogen (secondary N) is 1. The number of hydrogen-bond donors (Lipinski definition) is 1. The van der Waals surface area contributed by atoms with Crippen LogP contribution in [-0.2, 0) is 6.54 Å². The van der Waals surface area contributed by atoms with E-state index in [1.54, 1.807) is 0 Å². The van der Waals surface area contributed by atoms with Gasteiger partial charge in [-0.15, -0.1) is 0 Å². The molecule has 1 aliphatic rings. The molecule has 0 saturated carbocycles. The minimum atomic E-state index is 0.651. The Kier molecular flexibility index (Phi) is 3.35. The second-order valence-corrected chi connectivity index (χ2v) is 4.79. The summed E-state index contributed by atoms with van der Waals surface area (Å²) in [6, 6.07) is 2.71. The highest BCUT2D eigenvalue weighted by Crippen LogP contribution is 2.20. The summed E-state index contributed by atoms with van der Waals surface area (Å²) in [5.74, 6) is 3.75. The van der Waals surface area contributed by atoms with Gasteiger partial charge in [-0.2, -0.15) is 16.9 Å². The molecule has 0 amide bonds. The largest absolute Gasteiger partial charge is 0.367 e. The van der Waals surface area contributed by atoms with Crippen LogP contribution in [0.3, 0.4) is 0 Å². The quantitative estimate of drug-likeness (QED) is 0.831. The summed E-state index contributed by atoms with van der Waals surface area (Å²) in [6.07, 6.45) is 4.42. The van der Waals surface area contributed by atoms with E-state index in [0.717, 1.165) is 6.54 Å². The first-order valence-corrected chi connectivity index (χ1v) is 6.41. The second-order valence-electron chi connectivity index (χ2n) is 3.56. The Morgan fingerprint density at radius 2 is 2.36 bits per heavy atom. The minimum Gasteiger partial charge on any atom is -0.367 e. The van der Waals surface area contributed by atoms with Gasteiger partial charge >= 0.3 is 0 Å². The van der Waals surface area contributed by atoms with Gasteiger partial charge in [-0.25, -0.2) is 0 Å². The van der Waals surface area contributed by atoms with E-state index in [2.05, 4.69) is 35.2 Å². The molecule has 0 radical (unpaired) electrons. The SMILES string of the molecule is CCn1nccc1NC1CCSCC1. The summed E-state index contributed by atoms with van der Waals surface area (Å²) in [7, 11) is 0. The number of anilines is 1. The van der Waals surface area contributed by atoms with Gasteiger partial charge in [0.1, 0.15) is 5.82 Å². The predicted molar refractivity (Wildman–Crippen MR) is 61.9 cm³/mol. The maximum absolute atomic E-state index is 4.25. The first-order valence-electron chi connectivity index (χ1n) is 5.26. The predicted octanol–water partition coefficient (Wildman–Crippen LogP) is 2.21. The fourth-order valence-electron chi connectivity index (χ4n) is 1.76. The van der Waals surface area contributed by atoms with Crippen LogP contribution in [0.5, 0.6) is 0 Å². The van der Waals surface area contributed by atoms with Crippen molar-refractivity contribution in [3.63, 3.8) is 0 Å². The maximum Gasteiger partial charge on any atom is 0.124 e. The highest BCUT2D eigenvalue weighted by molar-refractivity contribution is 7.99. The zero-order valence-corrected chi connectivity index (χ0v) is 9.39. The van der Waals surface area contributed by atoms with Gasteiger partial charge in [-0.3, -0.25) is 4.68 Å². The molecule has 0 atom stereocenters. The molecule has 4 heteroatoms. The zero-order chi connectivity index (χ0) is 9.80. The van der Waals surface area contributed by atoms with Crippen molar-refractivity contribution in [2.24, 2.45) is 0 Å². The molecular formula is C10H17N3S. The highest BCUT2D eigenvalue weighted by atomic mass is 32.2. The monoisotopic (exact) mass is 211 g/mol. The van der Waals surface area contributed by atoms with E-state index in [4.69, 9.17) is 0 Å². The molecule has 78 valence electrons. The van der Waals surface area contributed by atoms with E-state index in [-0.39, 0.29) is 0 Å². The molecule has 0 aromatic carbocycles. The van der Waals surface area contributed by atoms with Crippen molar-refractivity contribution >= 4 is 17.6 Å². The third-order valence-corrected chi connectivity index (χ3v) is 3.64. The molecule has 1 aromatic heterocycles. The van der Waals surface area contributed by atoms with Crippen LogP contribution in [0.25, 0.3) is 0 Å². The van der Waals surface area contributed by atoms with Crippen molar-refractivity contribution in [1.82, 2.24) is 9.78 Å². The van der Waals surface area contributed by atoms with E-state index in [1.165, 1.54) is 30.2 Å². The summed E-state index contributed by atoms with van der Waals surface area (Å²) in [6.45, 7) is 3.06. The van der Waals surface area contributed by atoms with Gasteiger partial charge in [0.25, 0.3) is 0 Å². The van der Waals surface area contributed by atoms with Crippen molar-refractivity contribution in [2.45, 2.75) is 32.4 Å². The van der Waals surface area contributed by atoms with Gasteiger partial charge in [0.2, 0.25) is 0 Å². The standard InChI is InChI=1S/C10H17N3S/c1-2-13-10(3-6-11-13)12-9-4-7-14-8-5-9/h3,6,9,12H,2,4-5,7-8H2,1H3. The van der Waals surface area contributed by atoms with E-state index in [9.17, 15) is 0 Å². The van der Waals surface area contributed by atoms with Crippen molar-refractivity contribution in [3.8, 4) is 0 Å². The molecule has 2 heterocycles. The molecule has 1 saturated heterocycles. The summed E-state index contributed by atoms with van der Waals surface area (Å²) < 4.78 is 2.02. The Hall–Kier alpha value is -0.640. The molecule has 1 N–H and O–H groups in total. The fraction of sp³-hybridized carbons (Fsp3) is 0.700. The van der Waals surface area contributed by atoms with Gasteiger partial charge in [-0.1, -0.05) is 0 Å². The molecule has 0 aliphatic carbocycles. The van der Waals surface area contributed by atoms with Crippen LogP contribution in [0.2, 0.25) is 0 Å². The summed E-state index contributed by atoms with van der Waals surface area (Å²) in [5.41, 5.74) is 0. The summed E-state index contributed by atoms with van der Waals surface area (Å²) in [5, 5.41) is 7.82. The molecule has 2 rings (SSSR count). The third-order valence-electron chi connectivity index (χ3n) is 2.59. The van der Waals surface area contributed by atoms with Crippen LogP contribution in [0.15, 0.2) is 12.3 Å². The average molecular weight is 211 g/mol. The van der Waals surface area contributed by atoms with Gasteiger partial charge < -0.3 is 5.32 Å². The van der Waals surface area contributed by atoms with Gasteiger partial charge in [0, 0.05) is 18.7 Å². The lowest BCUT2D eigenvalue weighted by Crippen LogP contribution is -2.25. The molecule has 1 aliphatic heterocycles. The van der Waals surface area contributed by atoms with Gasteiger partial charge in [-0.05, 0) is 31.3 Å². The van der Waals surface area contributed by atoms with Crippen LogP contribution >= 0.6 is 11.8 Å². The molecule has 0 spiro atoms. The molecule has 1 aromatic rings. The molecular weight excluding hydrogens is 194 g/mol. The van der Waals surface area contributed by atoms with Crippen LogP contribution < -0.4 is 5.32 Å². The Labute approximate surface area is 89.3 Å². The van der Waals surface area contributed by atoms with Gasteiger partial charge in [0.15, 0.2) is 0 Å². The normalized spacial score (nSPS) is 18.4. The first-order chi connectivity index (χ1) is 6.90. The summed E-state index contributed by atoms with van der Waals surface area (Å²) >= 11 is 2.06. The topological polar surface area (TPSA) is 29.9 Å². The number of nitrogens with zero attached hydrogens (tertiary/aromatic N) is 2. The maximum atomic E-state index is 4.25. The van der Waals surface area contributed by atoms with E-state index >= 15 is 0 Å². The molecule has 14 heavy (non-hydrogen) atoms. The minimum absolute atomic E-state index is 0.651. The molecule has 0 unspecified atom stereocenters. The van der Waals surface area contributed by atoms with Crippen LogP contribution in [0.1, 0.15) is 19.8 Å². The highest BCUT2D eigenvalue weighted by Gasteiger charge is 2.14. The van der Waals surface area contributed by atoms with Crippen molar-refractivity contribution < 1.29 is 0 Å².